The molecular weight excluding hydrogens is 480 g/mol. The van der Waals surface area contributed by atoms with Gasteiger partial charge in [0.05, 0.1) is 12.2 Å². The second-order valence-electron chi connectivity index (χ2n) is 11.5. The van der Waals surface area contributed by atoms with E-state index in [1.54, 1.807) is 12.1 Å². The third kappa shape index (κ3) is 12.4. The Balaban J connectivity index is 1.30. The first-order valence-electron chi connectivity index (χ1n) is 15.8. The lowest BCUT2D eigenvalue weighted by Gasteiger charge is -2.28. The molecule has 0 aliphatic heterocycles. The van der Waals surface area contributed by atoms with Crippen LogP contribution in [0.3, 0.4) is 0 Å². The van der Waals surface area contributed by atoms with E-state index in [0.29, 0.717) is 17.9 Å². The minimum Gasteiger partial charge on any atom is -0.494 e. The van der Waals surface area contributed by atoms with E-state index in [4.69, 9.17) is 9.47 Å². The monoisotopic (exact) mass is 532 g/mol. The number of allylic oxidation sites excluding steroid dienone is 1. The highest BCUT2D eigenvalue weighted by Crippen LogP contribution is 2.34. The van der Waals surface area contributed by atoms with Gasteiger partial charge in [-0.15, -0.1) is 6.58 Å². The molecule has 0 amide bonds. The van der Waals surface area contributed by atoms with Crippen LogP contribution < -0.4 is 9.47 Å². The molecule has 214 valence electrons. The van der Waals surface area contributed by atoms with Crippen molar-refractivity contribution in [2.45, 2.75) is 116 Å². The Labute approximate surface area is 238 Å². The molecular formula is C36H52O3. The summed E-state index contributed by atoms with van der Waals surface area (Å²) in [5.41, 5.74) is 1.86. The van der Waals surface area contributed by atoms with Gasteiger partial charge in [-0.2, -0.15) is 0 Å². The van der Waals surface area contributed by atoms with Gasteiger partial charge in [-0.1, -0.05) is 102 Å². The maximum atomic E-state index is 12.6. The first-order chi connectivity index (χ1) is 19.2. The summed E-state index contributed by atoms with van der Waals surface area (Å²) < 4.78 is 11.4. The van der Waals surface area contributed by atoms with E-state index in [0.717, 1.165) is 43.3 Å². The number of aryl methyl sites for hydroxylation is 1. The molecule has 0 N–H and O–H groups in total. The van der Waals surface area contributed by atoms with E-state index >= 15 is 0 Å². The second kappa shape index (κ2) is 18.7. The van der Waals surface area contributed by atoms with Gasteiger partial charge < -0.3 is 9.47 Å². The summed E-state index contributed by atoms with van der Waals surface area (Å²) in [5, 5.41) is 0. The Morgan fingerprint density at radius 3 is 2.08 bits per heavy atom. The molecule has 1 aliphatic rings. The first kappa shape index (κ1) is 31.0. The largest absolute Gasteiger partial charge is 0.494 e. The molecule has 0 spiro atoms. The maximum absolute atomic E-state index is 12.6. The third-order valence-corrected chi connectivity index (χ3v) is 8.32. The highest BCUT2D eigenvalue weighted by atomic mass is 16.5. The molecule has 39 heavy (non-hydrogen) atoms. The standard InChI is InChI=1S/C36H52O3/c1-3-5-7-9-11-13-29-38-34-27-23-33(24-28-34)36(37)39-35-25-21-32(22-26-35)20-19-31-17-15-30(16-18-31)14-12-10-8-6-4-2/h3,21-28,30-31H,1,4-20,29H2,2H3/t30-,31-. The third-order valence-electron chi connectivity index (χ3n) is 8.32. The molecule has 2 aromatic carbocycles. The van der Waals surface area contributed by atoms with Crippen LogP contribution in [0.2, 0.25) is 0 Å². The van der Waals surface area contributed by atoms with Crippen LogP contribution in [-0.4, -0.2) is 12.6 Å². The summed E-state index contributed by atoms with van der Waals surface area (Å²) >= 11 is 0. The van der Waals surface area contributed by atoms with Crippen molar-refractivity contribution in [1.82, 2.24) is 0 Å². The van der Waals surface area contributed by atoms with Gasteiger partial charge in [-0.25, -0.2) is 4.79 Å². The highest BCUT2D eigenvalue weighted by molar-refractivity contribution is 5.91. The van der Waals surface area contributed by atoms with Crippen molar-refractivity contribution in [1.29, 1.82) is 0 Å². The fourth-order valence-electron chi connectivity index (χ4n) is 5.73. The Morgan fingerprint density at radius 1 is 0.769 bits per heavy atom. The van der Waals surface area contributed by atoms with Crippen molar-refractivity contribution >= 4 is 5.97 Å². The molecule has 0 radical (unpaired) electrons. The zero-order chi connectivity index (χ0) is 27.5. The average Bonchev–Trinajstić information content (AvgIpc) is 2.97. The van der Waals surface area contributed by atoms with Crippen LogP contribution in [0.4, 0.5) is 0 Å². The summed E-state index contributed by atoms with van der Waals surface area (Å²) in [6, 6.07) is 15.3. The normalized spacial score (nSPS) is 17.1. The second-order valence-corrected chi connectivity index (χ2v) is 11.5. The number of carbonyl (C=O) groups excluding carboxylic acids is 1. The molecule has 0 unspecified atom stereocenters. The zero-order valence-corrected chi connectivity index (χ0v) is 24.5. The predicted molar refractivity (Wildman–Crippen MR) is 164 cm³/mol. The van der Waals surface area contributed by atoms with Crippen LogP contribution in [0, 0.1) is 11.8 Å². The topological polar surface area (TPSA) is 35.5 Å². The molecule has 0 bridgehead atoms. The quantitative estimate of drug-likeness (QED) is 0.0781. The average molecular weight is 533 g/mol. The molecule has 0 heterocycles. The van der Waals surface area contributed by atoms with Crippen molar-refractivity contribution in [2.24, 2.45) is 11.8 Å². The van der Waals surface area contributed by atoms with E-state index in [2.05, 4.69) is 25.6 Å². The Hall–Kier alpha value is -2.55. The van der Waals surface area contributed by atoms with Crippen LogP contribution >= 0.6 is 0 Å². The molecule has 1 fully saturated rings. The number of carbonyl (C=O) groups is 1. The lowest BCUT2D eigenvalue weighted by atomic mass is 9.78. The molecule has 3 nitrogen and oxygen atoms in total. The zero-order valence-electron chi connectivity index (χ0n) is 24.5. The maximum Gasteiger partial charge on any atom is 0.343 e. The van der Waals surface area contributed by atoms with E-state index in [1.807, 2.05) is 30.3 Å². The summed E-state index contributed by atoms with van der Waals surface area (Å²) in [4.78, 5) is 12.6. The minimum atomic E-state index is -0.335. The van der Waals surface area contributed by atoms with Gasteiger partial charge >= 0.3 is 5.97 Å². The first-order valence-corrected chi connectivity index (χ1v) is 15.8. The van der Waals surface area contributed by atoms with Gasteiger partial charge in [0.1, 0.15) is 11.5 Å². The van der Waals surface area contributed by atoms with Crippen molar-refractivity contribution in [3.63, 3.8) is 0 Å². The summed E-state index contributed by atoms with van der Waals surface area (Å²) in [6.07, 6.45) is 24.2. The van der Waals surface area contributed by atoms with Crippen molar-refractivity contribution in [3.05, 3.63) is 72.3 Å². The lowest BCUT2D eigenvalue weighted by Crippen LogP contribution is -2.15. The van der Waals surface area contributed by atoms with Crippen LogP contribution in [0.25, 0.3) is 0 Å². The molecule has 2 aromatic rings. The molecule has 0 aromatic heterocycles. The Morgan fingerprint density at radius 2 is 1.38 bits per heavy atom. The highest BCUT2D eigenvalue weighted by Gasteiger charge is 2.20. The number of unbranched alkanes of at least 4 members (excludes halogenated alkanes) is 8. The molecule has 3 heteroatoms. The molecule has 0 atom stereocenters. The molecule has 1 saturated carbocycles. The Kier molecular flexibility index (Phi) is 14.8. The van der Waals surface area contributed by atoms with E-state index in [-0.39, 0.29) is 5.97 Å². The number of esters is 1. The lowest BCUT2D eigenvalue weighted by molar-refractivity contribution is 0.0734. The van der Waals surface area contributed by atoms with Gasteiger partial charge in [-0.3, -0.25) is 0 Å². The van der Waals surface area contributed by atoms with E-state index < -0.39 is 0 Å². The molecule has 3 rings (SSSR count). The summed E-state index contributed by atoms with van der Waals surface area (Å²) in [5.74, 6) is 2.90. The number of rotatable bonds is 19. The van der Waals surface area contributed by atoms with E-state index in [1.165, 1.54) is 89.0 Å². The van der Waals surface area contributed by atoms with Gasteiger partial charge in [-0.05, 0) is 85.9 Å². The van der Waals surface area contributed by atoms with Crippen molar-refractivity contribution in [2.75, 3.05) is 6.61 Å². The number of hydrogen-bond donors (Lipinski definition) is 0. The van der Waals surface area contributed by atoms with Gasteiger partial charge in [0, 0.05) is 0 Å². The fraction of sp³-hybridized carbons (Fsp3) is 0.583. The van der Waals surface area contributed by atoms with E-state index in [9.17, 15) is 4.79 Å². The van der Waals surface area contributed by atoms with Crippen LogP contribution in [-0.2, 0) is 6.42 Å². The van der Waals surface area contributed by atoms with Crippen LogP contribution in [0.1, 0.15) is 126 Å². The summed E-state index contributed by atoms with van der Waals surface area (Å²) in [6.45, 7) is 6.74. The van der Waals surface area contributed by atoms with Gasteiger partial charge in [0.15, 0.2) is 0 Å². The van der Waals surface area contributed by atoms with Gasteiger partial charge in [0.2, 0.25) is 0 Å². The fourth-order valence-corrected chi connectivity index (χ4v) is 5.73. The smallest absolute Gasteiger partial charge is 0.343 e. The summed E-state index contributed by atoms with van der Waals surface area (Å²) in [7, 11) is 0. The number of hydrogen-bond acceptors (Lipinski definition) is 3. The predicted octanol–water partition coefficient (Wildman–Crippen LogP) is 10.5. The van der Waals surface area contributed by atoms with Crippen molar-refractivity contribution < 1.29 is 14.3 Å². The number of ether oxygens (including phenoxy) is 2. The molecule has 0 saturated heterocycles. The van der Waals surface area contributed by atoms with Crippen molar-refractivity contribution in [3.8, 4) is 11.5 Å². The minimum absolute atomic E-state index is 0.335. The van der Waals surface area contributed by atoms with Gasteiger partial charge in [0.25, 0.3) is 0 Å². The van der Waals surface area contributed by atoms with Crippen LogP contribution in [0.5, 0.6) is 11.5 Å². The number of benzene rings is 2. The SMILES string of the molecule is C=CCCCCCCOc1ccc(C(=O)Oc2ccc(CC[C@H]3CC[C@H](CCCCCCC)CC3)cc2)cc1. The Bertz CT molecular complexity index is 923. The van der Waals surface area contributed by atoms with Crippen LogP contribution in [0.15, 0.2) is 61.2 Å². The molecule has 1 aliphatic carbocycles.